The van der Waals surface area contributed by atoms with Crippen molar-refractivity contribution in [2.24, 2.45) is 11.8 Å². The Labute approximate surface area is 126 Å². The molecule has 0 bridgehead atoms. The largest absolute Gasteiger partial charge is 0.295 e. The Morgan fingerprint density at radius 2 is 2.05 bits per heavy atom. The second-order valence-electron chi connectivity index (χ2n) is 5.68. The van der Waals surface area contributed by atoms with Crippen molar-refractivity contribution in [1.29, 1.82) is 0 Å². The SMILES string of the molecule is CCCC(CSc1ccccc1)[C@@H]1CC=C(C)C(=O)C1. The highest BCUT2D eigenvalue weighted by atomic mass is 32.2. The third-order valence-electron chi connectivity index (χ3n) is 4.15. The summed E-state index contributed by atoms with van der Waals surface area (Å²) in [5.41, 5.74) is 0.965. The van der Waals surface area contributed by atoms with Crippen LogP contribution in [0.3, 0.4) is 0 Å². The quantitative estimate of drug-likeness (QED) is 0.676. The minimum atomic E-state index is 0.354. The molecule has 1 aromatic carbocycles. The molecule has 1 unspecified atom stereocenters. The van der Waals surface area contributed by atoms with E-state index in [1.807, 2.05) is 18.7 Å². The van der Waals surface area contributed by atoms with Gasteiger partial charge < -0.3 is 0 Å². The lowest BCUT2D eigenvalue weighted by Gasteiger charge is -2.28. The summed E-state index contributed by atoms with van der Waals surface area (Å²) in [4.78, 5) is 13.2. The molecule has 0 saturated carbocycles. The van der Waals surface area contributed by atoms with Crippen molar-refractivity contribution in [2.45, 2.75) is 44.4 Å². The van der Waals surface area contributed by atoms with Gasteiger partial charge in [-0.2, -0.15) is 0 Å². The molecular formula is C18H24OS. The number of rotatable bonds is 6. The zero-order valence-corrected chi connectivity index (χ0v) is 13.3. The normalized spacial score (nSPS) is 20.6. The molecule has 2 heteroatoms. The van der Waals surface area contributed by atoms with Crippen LogP contribution in [0.1, 0.15) is 39.5 Å². The van der Waals surface area contributed by atoms with Crippen LogP contribution in [0.2, 0.25) is 0 Å². The van der Waals surface area contributed by atoms with E-state index < -0.39 is 0 Å². The van der Waals surface area contributed by atoms with Crippen LogP contribution in [0.15, 0.2) is 46.9 Å². The lowest BCUT2D eigenvalue weighted by molar-refractivity contribution is -0.117. The molecule has 0 aliphatic heterocycles. The van der Waals surface area contributed by atoms with Crippen LogP contribution < -0.4 is 0 Å². The van der Waals surface area contributed by atoms with Crippen LogP contribution in [0.4, 0.5) is 0 Å². The van der Waals surface area contributed by atoms with E-state index in [-0.39, 0.29) is 0 Å². The summed E-state index contributed by atoms with van der Waals surface area (Å²) in [5, 5.41) is 0. The van der Waals surface area contributed by atoms with E-state index in [0.29, 0.717) is 17.6 Å². The fraction of sp³-hybridized carbons (Fsp3) is 0.500. The van der Waals surface area contributed by atoms with Gasteiger partial charge in [0.25, 0.3) is 0 Å². The molecule has 0 spiro atoms. The molecule has 0 aromatic heterocycles. The Morgan fingerprint density at radius 1 is 1.30 bits per heavy atom. The lowest BCUT2D eigenvalue weighted by atomic mass is 9.79. The molecule has 1 aromatic rings. The monoisotopic (exact) mass is 288 g/mol. The van der Waals surface area contributed by atoms with Crippen LogP contribution in [0, 0.1) is 11.8 Å². The van der Waals surface area contributed by atoms with Gasteiger partial charge in [-0.15, -0.1) is 11.8 Å². The summed E-state index contributed by atoms with van der Waals surface area (Å²) in [6, 6.07) is 10.6. The average Bonchev–Trinajstić information content (AvgIpc) is 2.47. The number of hydrogen-bond acceptors (Lipinski definition) is 2. The van der Waals surface area contributed by atoms with Crippen molar-refractivity contribution in [1.82, 2.24) is 0 Å². The fourth-order valence-corrected chi connectivity index (χ4v) is 4.02. The molecule has 0 saturated heterocycles. The molecule has 0 radical (unpaired) electrons. The summed E-state index contributed by atoms with van der Waals surface area (Å²) in [7, 11) is 0. The highest BCUT2D eigenvalue weighted by Gasteiger charge is 2.26. The first-order valence-electron chi connectivity index (χ1n) is 7.58. The Kier molecular flexibility index (Phi) is 5.90. The Bertz CT molecular complexity index is 464. The molecule has 0 heterocycles. The van der Waals surface area contributed by atoms with Crippen molar-refractivity contribution in [2.75, 3.05) is 5.75 Å². The highest BCUT2D eigenvalue weighted by molar-refractivity contribution is 7.99. The van der Waals surface area contributed by atoms with E-state index in [1.165, 1.54) is 17.7 Å². The van der Waals surface area contributed by atoms with Crippen molar-refractivity contribution >= 4 is 17.5 Å². The van der Waals surface area contributed by atoms with Gasteiger partial charge in [0.2, 0.25) is 0 Å². The third kappa shape index (κ3) is 4.24. The summed E-state index contributed by atoms with van der Waals surface area (Å²) < 4.78 is 0. The molecule has 2 rings (SSSR count). The standard InChI is InChI=1S/C18H24OS/c1-3-7-16(13-20-17-8-5-4-6-9-17)15-11-10-14(2)18(19)12-15/h4-6,8-10,15-16H,3,7,11-13H2,1-2H3/t15-,16?/m1/s1. The van der Waals surface area contributed by atoms with Crippen molar-refractivity contribution in [3.05, 3.63) is 42.0 Å². The zero-order valence-electron chi connectivity index (χ0n) is 12.5. The topological polar surface area (TPSA) is 17.1 Å². The fourth-order valence-electron chi connectivity index (χ4n) is 2.83. The number of carbonyl (C=O) groups excluding carboxylic acids is 1. The number of hydrogen-bond donors (Lipinski definition) is 0. The number of allylic oxidation sites excluding steroid dienone is 2. The van der Waals surface area contributed by atoms with Crippen molar-refractivity contribution in [3.63, 3.8) is 0 Å². The van der Waals surface area contributed by atoms with Gasteiger partial charge >= 0.3 is 0 Å². The first kappa shape index (κ1) is 15.4. The average molecular weight is 288 g/mol. The number of benzene rings is 1. The van der Waals surface area contributed by atoms with Crippen LogP contribution in [0.5, 0.6) is 0 Å². The molecule has 108 valence electrons. The van der Waals surface area contributed by atoms with E-state index in [0.717, 1.165) is 24.2 Å². The van der Waals surface area contributed by atoms with E-state index in [9.17, 15) is 4.79 Å². The maximum atomic E-state index is 11.9. The highest BCUT2D eigenvalue weighted by Crippen LogP contribution is 2.34. The van der Waals surface area contributed by atoms with E-state index in [4.69, 9.17) is 0 Å². The van der Waals surface area contributed by atoms with Gasteiger partial charge in [-0.05, 0) is 49.3 Å². The van der Waals surface area contributed by atoms with E-state index >= 15 is 0 Å². The van der Waals surface area contributed by atoms with Crippen molar-refractivity contribution in [3.8, 4) is 0 Å². The summed E-state index contributed by atoms with van der Waals surface area (Å²) in [6.07, 6.45) is 6.41. The first-order chi connectivity index (χ1) is 9.70. The van der Waals surface area contributed by atoms with Crippen LogP contribution in [-0.2, 0) is 4.79 Å². The van der Waals surface area contributed by atoms with Gasteiger partial charge in [-0.3, -0.25) is 4.79 Å². The molecule has 20 heavy (non-hydrogen) atoms. The summed E-state index contributed by atoms with van der Waals surface area (Å²) in [5.74, 6) is 2.68. The minimum Gasteiger partial charge on any atom is -0.295 e. The molecule has 2 atom stereocenters. The predicted octanol–water partition coefficient (Wildman–Crippen LogP) is 5.12. The Hall–Kier alpha value is -1.02. The third-order valence-corrected chi connectivity index (χ3v) is 5.35. The minimum absolute atomic E-state index is 0.354. The van der Waals surface area contributed by atoms with Gasteiger partial charge in [0.05, 0.1) is 0 Å². The maximum absolute atomic E-state index is 11.9. The zero-order chi connectivity index (χ0) is 14.4. The number of ketones is 1. The molecule has 1 nitrogen and oxygen atoms in total. The summed E-state index contributed by atoms with van der Waals surface area (Å²) in [6.45, 7) is 4.19. The van der Waals surface area contributed by atoms with Gasteiger partial charge in [0.1, 0.15) is 0 Å². The molecule has 1 aliphatic carbocycles. The lowest BCUT2D eigenvalue weighted by Crippen LogP contribution is -2.23. The molecule has 0 N–H and O–H groups in total. The van der Waals surface area contributed by atoms with E-state index in [2.05, 4.69) is 43.3 Å². The molecule has 0 fully saturated rings. The molecule has 0 amide bonds. The second-order valence-corrected chi connectivity index (χ2v) is 6.78. The smallest absolute Gasteiger partial charge is 0.158 e. The van der Waals surface area contributed by atoms with Crippen LogP contribution >= 0.6 is 11.8 Å². The number of thioether (sulfide) groups is 1. The molecule has 1 aliphatic rings. The first-order valence-corrected chi connectivity index (χ1v) is 8.57. The van der Waals surface area contributed by atoms with Crippen molar-refractivity contribution < 1.29 is 4.79 Å². The Morgan fingerprint density at radius 3 is 2.70 bits per heavy atom. The van der Waals surface area contributed by atoms with Gasteiger partial charge in [0, 0.05) is 17.1 Å². The van der Waals surface area contributed by atoms with Gasteiger partial charge in [-0.1, -0.05) is 37.6 Å². The number of Topliss-reactive ketones (excluding diaryl/α,β-unsaturated/α-hetero) is 1. The Balaban J connectivity index is 1.95. The second kappa shape index (κ2) is 7.68. The molecular weight excluding hydrogens is 264 g/mol. The van der Waals surface area contributed by atoms with E-state index in [1.54, 1.807) is 0 Å². The van der Waals surface area contributed by atoms with Gasteiger partial charge in [-0.25, -0.2) is 0 Å². The van der Waals surface area contributed by atoms with Crippen LogP contribution in [-0.4, -0.2) is 11.5 Å². The van der Waals surface area contributed by atoms with Gasteiger partial charge in [0.15, 0.2) is 5.78 Å². The summed E-state index contributed by atoms with van der Waals surface area (Å²) >= 11 is 1.93. The predicted molar refractivity (Wildman–Crippen MR) is 87.1 cm³/mol. The maximum Gasteiger partial charge on any atom is 0.158 e. The van der Waals surface area contributed by atoms with Crippen LogP contribution in [0.25, 0.3) is 0 Å². The number of carbonyl (C=O) groups is 1.